The highest BCUT2D eigenvalue weighted by Crippen LogP contribution is 2.68. The molecule has 24 heavy (non-hydrogen) atoms. The van der Waals surface area contributed by atoms with Gasteiger partial charge in [0, 0.05) is 10.8 Å². The number of carbonyl (C=O) groups is 1. The van der Waals surface area contributed by atoms with Gasteiger partial charge in [-0.2, -0.15) is 0 Å². The van der Waals surface area contributed by atoms with Gasteiger partial charge in [0.2, 0.25) is 0 Å². The van der Waals surface area contributed by atoms with Gasteiger partial charge in [-0.3, -0.25) is 4.79 Å². The summed E-state index contributed by atoms with van der Waals surface area (Å²) >= 11 is 0. The van der Waals surface area contributed by atoms with Crippen LogP contribution in [0.1, 0.15) is 47.5 Å². The minimum Gasteiger partial charge on any atom is -0.507 e. The number of hydrogen-bond acceptors (Lipinski definition) is 3. The van der Waals surface area contributed by atoms with Crippen molar-refractivity contribution in [3.8, 4) is 11.5 Å². The number of aromatic hydroxyl groups is 1. The molecule has 1 aliphatic carbocycles. The van der Waals surface area contributed by atoms with Gasteiger partial charge < -0.3 is 9.84 Å². The van der Waals surface area contributed by atoms with E-state index in [0.29, 0.717) is 11.1 Å². The van der Waals surface area contributed by atoms with Crippen LogP contribution in [0, 0.1) is 16.2 Å². The van der Waals surface area contributed by atoms with Gasteiger partial charge in [-0.15, -0.1) is 0 Å². The zero-order valence-corrected chi connectivity index (χ0v) is 15.1. The van der Waals surface area contributed by atoms with Crippen LogP contribution >= 0.6 is 0 Å². The van der Waals surface area contributed by atoms with Crippen molar-refractivity contribution in [2.45, 2.75) is 47.5 Å². The van der Waals surface area contributed by atoms with E-state index in [1.165, 1.54) is 0 Å². The molecule has 2 aromatic carbocycles. The average molecular weight is 326 g/mol. The van der Waals surface area contributed by atoms with Gasteiger partial charge in [-0.1, -0.05) is 58.9 Å². The summed E-state index contributed by atoms with van der Waals surface area (Å²) < 4.78 is 5.84. The van der Waals surface area contributed by atoms with Crippen molar-refractivity contribution in [2.75, 3.05) is 0 Å². The summed E-state index contributed by atoms with van der Waals surface area (Å²) in [5.74, 6) is 0.559. The molecule has 0 radical (unpaired) electrons. The number of carbonyl (C=O) groups excluding carboxylic acids is 1. The highest BCUT2D eigenvalue weighted by molar-refractivity contribution is 5.95. The summed E-state index contributed by atoms with van der Waals surface area (Å²) in [5.41, 5.74) is -0.405. The van der Waals surface area contributed by atoms with E-state index >= 15 is 0 Å². The van der Waals surface area contributed by atoms with E-state index in [4.69, 9.17) is 4.74 Å². The lowest BCUT2D eigenvalue weighted by Crippen LogP contribution is -2.30. The number of hydrogen-bond donors (Lipinski definition) is 1. The van der Waals surface area contributed by atoms with Crippen LogP contribution < -0.4 is 4.74 Å². The number of phenolic OH excluding ortho intramolecular Hbond substituents is 1. The smallest absolute Gasteiger partial charge is 0.318 e. The van der Waals surface area contributed by atoms with Crippen molar-refractivity contribution >= 4 is 16.7 Å². The predicted octanol–water partition coefficient (Wildman–Crippen LogP) is 5.30. The lowest BCUT2D eigenvalue weighted by molar-refractivity contribution is -0.143. The molecular formula is C21H26O3. The molecule has 1 aliphatic rings. The fraction of sp³-hybridized carbons (Fsp3) is 0.476. The Hall–Kier alpha value is -2.03. The molecule has 0 spiro atoms. The largest absolute Gasteiger partial charge is 0.507 e. The summed E-state index contributed by atoms with van der Waals surface area (Å²) in [4.78, 5) is 13.0. The monoisotopic (exact) mass is 326 g/mol. The maximum atomic E-state index is 13.0. The first-order valence-electron chi connectivity index (χ1n) is 8.49. The lowest BCUT2D eigenvalue weighted by atomic mass is 9.79. The number of rotatable bonds is 3. The molecule has 128 valence electrons. The van der Waals surface area contributed by atoms with Gasteiger partial charge >= 0.3 is 5.97 Å². The SMILES string of the molecule is CC(C)(C)CC1(C(=O)Oc2cccc3c(O)cccc23)CC1(C)C. The zero-order chi connectivity index (χ0) is 17.8. The minimum absolute atomic E-state index is 0.0376. The zero-order valence-electron chi connectivity index (χ0n) is 15.1. The summed E-state index contributed by atoms with van der Waals surface area (Å²) in [7, 11) is 0. The highest BCUT2D eigenvalue weighted by Gasteiger charge is 2.68. The first-order valence-corrected chi connectivity index (χ1v) is 8.49. The average Bonchev–Trinajstić information content (AvgIpc) is 3.00. The van der Waals surface area contributed by atoms with Crippen LogP contribution in [0.4, 0.5) is 0 Å². The molecule has 3 nitrogen and oxygen atoms in total. The van der Waals surface area contributed by atoms with E-state index in [2.05, 4.69) is 34.6 Å². The third-order valence-electron chi connectivity index (χ3n) is 5.20. The second-order valence-corrected chi connectivity index (χ2v) is 8.90. The van der Waals surface area contributed by atoms with Gasteiger partial charge in [0.15, 0.2) is 0 Å². The van der Waals surface area contributed by atoms with Crippen LogP contribution in [0.5, 0.6) is 11.5 Å². The van der Waals surface area contributed by atoms with E-state index < -0.39 is 5.41 Å². The molecule has 0 saturated heterocycles. The maximum Gasteiger partial charge on any atom is 0.318 e. The molecule has 0 aromatic heterocycles. The van der Waals surface area contributed by atoms with Crippen molar-refractivity contribution in [1.29, 1.82) is 0 Å². The first-order chi connectivity index (χ1) is 11.1. The van der Waals surface area contributed by atoms with E-state index in [9.17, 15) is 9.90 Å². The van der Waals surface area contributed by atoms with Crippen LogP contribution in [0.2, 0.25) is 0 Å². The van der Waals surface area contributed by atoms with Crippen LogP contribution in [-0.2, 0) is 4.79 Å². The number of ether oxygens (including phenoxy) is 1. The second-order valence-electron chi connectivity index (χ2n) is 8.90. The van der Waals surface area contributed by atoms with Crippen molar-refractivity contribution in [3.05, 3.63) is 36.4 Å². The van der Waals surface area contributed by atoms with Crippen molar-refractivity contribution in [1.82, 2.24) is 0 Å². The molecule has 1 saturated carbocycles. The number of fused-ring (bicyclic) bond motifs is 1. The normalized spacial score (nSPS) is 22.4. The van der Waals surface area contributed by atoms with Gasteiger partial charge in [-0.25, -0.2) is 0 Å². The molecule has 0 amide bonds. The molecule has 3 rings (SSSR count). The Bertz CT molecular complexity index is 798. The molecule has 1 N–H and O–H groups in total. The maximum absolute atomic E-state index is 13.0. The Morgan fingerprint density at radius 2 is 1.71 bits per heavy atom. The van der Waals surface area contributed by atoms with E-state index in [-0.39, 0.29) is 22.5 Å². The molecular weight excluding hydrogens is 300 g/mol. The highest BCUT2D eigenvalue weighted by atomic mass is 16.5. The Kier molecular flexibility index (Phi) is 3.67. The Morgan fingerprint density at radius 3 is 2.29 bits per heavy atom. The Balaban J connectivity index is 1.94. The predicted molar refractivity (Wildman–Crippen MR) is 96.2 cm³/mol. The molecule has 1 fully saturated rings. The summed E-state index contributed by atoms with van der Waals surface area (Å²) in [5, 5.41) is 11.5. The summed E-state index contributed by atoms with van der Waals surface area (Å²) in [6.07, 6.45) is 1.66. The second kappa shape index (κ2) is 5.23. The van der Waals surface area contributed by atoms with Gasteiger partial charge in [0.25, 0.3) is 0 Å². The fourth-order valence-electron chi connectivity index (χ4n) is 3.89. The van der Waals surface area contributed by atoms with E-state index in [1.807, 2.05) is 12.1 Å². The topological polar surface area (TPSA) is 46.5 Å². The Labute approximate surface area is 143 Å². The quantitative estimate of drug-likeness (QED) is 0.614. The molecule has 3 heteroatoms. The van der Waals surface area contributed by atoms with Crippen LogP contribution in [0.25, 0.3) is 10.8 Å². The third-order valence-corrected chi connectivity index (χ3v) is 5.20. The molecule has 0 aliphatic heterocycles. The summed E-state index contributed by atoms with van der Waals surface area (Å²) in [6, 6.07) is 10.7. The molecule has 0 heterocycles. The molecule has 1 unspecified atom stereocenters. The van der Waals surface area contributed by atoms with Gasteiger partial charge in [0.05, 0.1) is 5.41 Å². The van der Waals surface area contributed by atoms with Crippen molar-refractivity contribution < 1.29 is 14.6 Å². The minimum atomic E-state index is -0.426. The van der Waals surface area contributed by atoms with Crippen LogP contribution in [-0.4, -0.2) is 11.1 Å². The standard InChI is InChI=1S/C21H26O3/c1-19(2,3)12-21(13-20(21,4)5)18(23)24-17-11-7-8-14-15(17)9-6-10-16(14)22/h6-11,22H,12-13H2,1-5H3. The number of esters is 1. The summed E-state index contributed by atoms with van der Waals surface area (Å²) in [6.45, 7) is 10.7. The van der Waals surface area contributed by atoms with Crippen LogP contribution in [0.3, 0.4) is 0 Å². The van der Waals surface area contributed by atoms with E-state index in [0.717, 1.165) is 18.2 Å². The Morgan fingerprint density at radius 1 is 1.12 bits per heavy atom. The lowest BCUT2D eigenvalue weighted by Gasteiger charge is -2.27. The first kappa shape index (κ1) is 16.8. The van der Waals surface area contributed by atoms with Crippen molar-refractivity contribution in [3.63, 3.8) is 0 Å². The number of benzene rings is 2. The van der Waals surface area contributed by atoms with E-state index in [1.54, 1.807) is 24.3 Å². The molecule has 1 atom stereocenters. The fourth-order valence-corrected chi connectivity index (χ4v) is 3.89. The van der Waals surface area contributed by atoms with Gasteiger partial charge in [-0.05, 0) is 35.8 Å². The number of phenols is 1. The molecule has 2 aromatic rings. The molecule has 0 bridgehead atoms. The third kappa shape index (κ3) is 2.77. The van der Waals surface area contributed by atoms with Crippen LogP contribution in [0.15, 0.2) is 36.4 Å². The van der Waals surface area contributed by atoms with Crippen molar-refractivity contribution in [2.24, 2.45) is 16.2 Å². The van der Waals surface area contributed by atoms with Gasteiger partial charge in [0.1, 0.15) is 11.5 Å².